The topological polar surface area (TPSA) is 69.6 Å². The third-order valence-electron chi connectivity index (χ3n) is 4.54. The molecular formula is C21H24ClFN4O3S. The number of rotatable bonds is 5. The van der Waals surface area contributed by atoms with Crippen LogP contribution in [0.3, 0.4) is 0 Å². The van der Waals surface area contributed by atoms with Crippen LogP contribution in [-0.2, 0) is 6.54 Å². The zero-order valence-electron chi connectivity index (χ0n) is 18.0. The molecule has 7 nitrogen and oxygen atoms in total. The minimum absolute atomic E-state index is 0.101. The molecule has 0 amide bonds. The Hall–Kier alpha value is -2.52. The van der Waals surface area contributed by atoms with Gasteiger partial charge in [0.05, 0.1) is 20.8 Å². The Bertz CT molecular complexity index is 1060. The average Bonchev–Trinajstić information content (AvgIpc) is 2.97. The van der Waals surface area contributed by atoms with E-state index in [1.54, 1.807) is 20.3 Å². The summed E-state index contributed by atoms with van der Waals surface area (Å²) in [6, 6.07) is 5.65. The summed E-state index contributed by atoms with van der Waals surface area (Å²) >= 11 is 7.28. The fourth-order valence-corrected chi connectivity index (χ4v) is 3.72. The van der Waals surface area contributed by atoms with Crippen LogP contribution in [0.5, 0.6) is 17.4 Å². The van der Waals surface area contributed by atoms with Crippen molar-refractivity contribution >= 4 is 40.1 Å². The van der Waals surface area contributed by atoms with Gasteiger partial charge in [0, 0.05) is 12.6 Å². The zero-order valence-corrected chi connectivity index (χ0v) is 19.6. The molecule has 0 saturated carbocycles. The quantitative estimate of drug-likeness (QED) is 0.296. The second-order valence-corrected chi connectivity index (χ2v) is 7.40. The second-order valence-electron chi connectivity index (χ2n) is 6.27. The number of ether oxygens (including phenoxy) is 3. The largest absolute Gasteiger partial charge is 0.497 e. The van der Waals surface area contributed by atoms with Crippen molar-refractivity contribution in [1.29, 1.82) is 0 Å². The number of methoxy groups -OCH3 is 2. The summed E-state index contributed by atoms with van der Waals surface area (Å²) in [6.07, 6.45) is 1.83. The lowest BCUT2D eigenvalue weighted by Crippen LogP contribution is -2.27. The van der Waals surface area contributed by atoms with Gasteiger partial charge in [0.1, 0.15) is 34.8 Å². The van der Waals surface area contributed by atoms with Crippen LogP contribution in [0.25, 0.3) is 10.9 Å². The van der Waals surface area contributed by atoms with Gasteiger partial charge in [0.2, 0.25) is 5.88 Å². The summed E-state index contributed by atoms with van der Waals surface area (Å²) in [6.45, 7) is 5.35. The van der Waals surface area contributed by atoms with Crippen molar-refractivity contribution in [1.82, 2.24) is 15.0 Å². The highest BCUT2D eigenvalue weighted by Gasteiger charge is 2.26. The van der Waals surface area contributed by atoms with Crippen LogP contribution >= 0.6 is 23.4 Å². The Kier molecular flexibility index (Phi) is 7.61. The van der Waals surface area contributed by atoms with Crippen LogP contribution < -0.4 is 19.1 Å². The molecule has 1 aliphatic rings. The van der Waals surface area contributed by atoms with E-state index in [1.807, 2.05) is 37.1 Å². The molecule has 10 heteroatoms. The number of nitrogens with zero attached hydrogens (tertiary/aromatic N) is 4. The number of pyridine rings is 1. The van der Waals surface area contributed by atoms with E-state index in [4.69, 9.17) is 25.8 Å². The summed E-state index contributed by atoms with van der Waals surface area (Å²) in [4.78, 5) is 15.0. The van der Waals surface area contributed by atoms with Gasteiger partial charge in [0.15, 0.2) is 16.1 Å². The van der Waals surface area contributed by atoms with Crippen molar-refractivity contribution in [3.63, 3.8) is 0 Å². The molecule has 1 aromatic carbocycles. The van der Waals surface area contributed by atoms with Crippen LogP contribution in [0.15, 0.2) is 23.4 Å². The molecule has 0 saturated heterocycles. The summed E-state index contributed by atoms with van der Waals surface area (Å²) in [5.74, 6) is 1.47. The van der Waals surface area contributed by atoms with Crippen molar-refractivity contribution in [2.75, 3.05) is 38.5 Å². The van der Waals surface area contributed by atoms with E-state index in [-0.39, 0.29) is 16.5 Å². The molecule has 0 N–H and O–H groups in total. The minimum atomic E-state index is -0.683. The van der Waals surface area contributed by atoms with E-state index in [9.17, 15) is 4.39 Å². The summed E-state index contributed by atoms with van der Waals surface area (Å²) in [7, 11) is 3.21. The molecule has 4 rings (SSSR count). The van der Waals surface area contributed by atoms with Crippen LogP contribution in [-0.4, -0.2) is 48.6 Å². The molecule has 1 aliphatic heterocycles. The number of benzene rings is 1. The maximum atomic E-state index is 14.7. The predicted octanol–water partition coefficient (Wildman–Crippen LogP) is 4.98. The molecule has 0 fully saturated rings. The van der Waals surface area contributed by atoms with Crippen LogP contribution in [0.2, 0.25) is 5.15 Å². The molecule has 0 spiro atoms. The molecule has 2 aromatic heterocycles. The molecule has 0 bridgehead atoms. The molecule has 0 unspecified atom stereocenters. The van der Waals surface area contributed by atoms with E-state index in [0.717, 1.165) is 5.56 Å². The maximum absolute atomic E-state index is 14.7. The Morgan fingerprint density at radius 1 is 1.13 bits per heavy atom. The van der Waals surface area contributed by atoms with Crippen molar-refractivity contribution < 1.29 is 18.6 Å². The molecule has 0 radical (unpaired) electrons. The van der Waals surface area contributed by atoms with Gasteiger partial charge in [-0.15, -0.1) is 0 Å². The van der Waals surface area contributed by atoms with Crippen molar-refractivity contribution in [2.24, 2.45) is 0 Å². The molecule has 0 atom stereocenters. The first-order chi connectivity index (χ1) is 15.0. The summed E-state index contributed by atoms with van der Waals surface area (Å²) in [5.41, 5.74) is 1.05. The smallest absolute Gasteiger partial charge is 0.228 e. The van der Waals surface area contributed by atoms with Crippen LogP contribution in [0.1, 0.15) is 19.4 Å². The lowest BCUT2D eigenvalue weighted by Gasteiger charge is -2.23. The Labute approximate surface area is 189 Å². The lowest BCUT2D eigenvalue weighted by atomic mass is 10.1. The number of anilines is 1. The first-order valence-electron chi connectivity index (χ1n) is 9.74. The fraction of sp³-hybridized carbons (Fsp3) is 0.381. The van der Waals surface area contributed by atoms with Gasteiger partial charge >= 0.3 is 0 Å². The first-order valence-corrected chi connectivity index (χ1v) is 11.3. The number of aromatic nitrogens is 3. The van der Waals surface area contributed by atoms with Crippen LogP contribution in [0.4, 0.5) is 10.2 Å². The normalized spacial score (nSPS) is 12.5. The molecule has 3 aromatic rings. The standard InChI is InChI=1S/C19H18ClFN4O3S.C2H6/c1-26-11-6-10(7-12(8-11)27-2)9-25-4-5-28-18-13-15(14(21)16(20)23-18)22-19(29-3)24-17(13)25;1-2/h6-8H,4-5,9H2,1-3H3;1-2H3. The highest BCUT2D eigenvalue weighted by molar-refractivity contribution is 7.98. The van der Waals surface area contributed by atoms with Crippen LogP contribution in [0, 0.1) is 5.82 Å². The number of hydrogen-bond acceptors (Lipinski definition) is 8. The third-order valence-corrected chi connectivity index (χ3v) is 5.34. The van der Waals surface area contributed by atoms with Gasteiger partial charge in [-0.2, -0.15) is 4.98 Å². The second kappa shape index (κ2) is 10.2. The van der Waals surface area contributed by atoms with E-state index in [1.165, 1.54) is 11.8 Å². The lowest BCUT2D eigenvalue weighted by molar-refractivity contribution is 0.318. The number of hydrogen-bond donors (Lipinski definition) is 0. The molecular weight excluding hydrogens is 443 g/mol. The fourth-order valence-electron chi connectivity index (χ4n) is 3.19. The number of halogens is 2. The van der Waals surface area contributed by atoms with Crippen molar-refractivity contribution in [3.8, 4) is 17.4 Å². The van der Waals surface area contributed by atoms with Gasteiger partial charge in [-0.25, -0.2) is 14.4 Å². The zero-order chi connectivity index (χ0) is 22.5. The Morgan fingerprint density at radius 2 is 1.81 bits per heavy atom. The Balaban J connectivity index is 0.00000132. The average molecular weight is 467 g/mol. The van der Waals surface area contributed by atoms with Crippen molar-refractivity contribution in [2.45, 2.75) is 25.5 Å². The van der Waals surface area contributed by atoms with Gasteiger partial charge in [-0.3, -0.25) is 0 Å². The molecule has 3 heterocycles. The van der Waals surface area contributed by atoms with Crippen molar-refractivity contribution in [3.05, 3.63) is 34.7 Å². The molecule has 31 heavy (non-hydrogen) atoms. The summed E-state index contributed by atoms with van der Waals surface area (Å²) < 4.78 is 31.2. The monoisotopic (exact) mass is 466 g/mol. The highest BCUT2D eigenvalue weighted by atomic mass is 35.5. The van der Waals surface area contributed by atoms with E-state index < -0.39 is 5.82 Å². The molecule has 0 aliphatic carbocycles. The number of thioether (sulfide) groups is 1. The van der Waals surface area contributed by atoms with E-state index >= 15 is 0 Å². The molecule has 166 valence electrons. The van der Waals surface area contributed by atoms with E-state index in [2.05, 4.69) is 15.0 Å². The first kappa shape index (κ1) is 23.1. The third kappa shape index (κ3) is 4.72. The van der Waals surface area contributed by atoms with E-state index in [0.29, 0.717) is 47.6 Å². The minimum Gasteiger partial charge on any atom is -0.497 e. The predicted molar refractivity (Wildman–Crippen MR) is 122 cm³/mol. The van der Waals surface area contributed by atoms with Gasteiger partial charge in [0.25, 0.3) is 0 Å². The van der Waals surface area contributed by atoms with Gasteiger partial charge < -0.3 is 19.1 Å². The SMILES string of the molecule is CC.COc1cc(CN2CCOc3nc(Cl)c(F)c4nc(SC)nc2c34)cc(OC)c1. The summed E-state index contributed by atoms with van der Waals surface area (Å²) in [5, 5.41) is 0.585. The highest BCUT2D eigenvalue weighted by Crippen LogP contribution is 2.38. The van der Waals surface area contributed by atoms with Gasteiger partial charge in [-0.1, -0.05) is 37.2 Å². The van der Waals surface area contributed by atoms with Gasteiger partial charge in [-0.05, 0) is 24.0 Å². The Morgan fingerprint density at radius 3 is 2.42 bits per heavy atom. The maximum Gasteiger partial charge on any atom is 0.228 e.